The molecule has 21 heavy (non-hydrogen) atoms. The summed E-state index contributed by atoms with van der Waals surface area (Å²) in [5.41, 5.74) is 6.54. The molecule has 1 aromatic rings. The van der Waals surface area contributed by atoms with Gasteiger partial charge in [-0.05, 0) is 30.5 Å². The Hall–Kier alpha value is -1.54. The van der Waals surface area contributed by atoms with Crippen LogP contribution in [0.3, 0.4) is 0 Å². The van der Waals surface area contributed by atoms with Gasteiger partial charge in [-0.25, -0.2) is 0 Å². The number of piperidine rings is 1. The average Bonchev–Trinajstić information content (AvgIpc) is 2.48. The van der Waals surface area contributed by atoms with Gasteiger partial charge in [0.2, 0.25) is 0 Å². The van der Waals surface area contributed by atoms with Crippen LogP contribution in [0.25, 0.3) is 0 Å². The first-order chi connectivity index (χ1) is 10.0. The number of hydrogen-bond donors (Lipinski definition) is 2. The number of benzene rings is 1. The molecule has 1 saturated heterocycles. The highest BCUT2D eigenvalue weighted by Crippen LogP contribution is 2.22. The number of rotatable bonds is 1. The zero-order valence-corrected chi connectivity index (χ0v) is 12.7. The fourth-order valence-corrected chi connectivity index (χ4v) is 2.62. The molecule has 1 amide bonds. The third-order valence-electron chi connectivity index (χ3n) is 3.69. The van der Waals surface area contributed by atoms with Crippen LogP contribution in [0.4, 0.5) is 0 Å². The van der Waals surface area contributed by atoms with E-state index in [2.05, 4.69) is 11.8 Å². The largest absolute Gasteiger partial charge is 0.393 e. The molecule has 5 heteroatoms. The summed E-state index contributed by atoms with van der Waals surface area (Å²) in [6.45, 7) is 3.34. The maximum absolute atomic E-state index is 12.5. The summed E-state index contributed by atoms with van der Waals surface area (Å²) in [7, 11) is 0. The van der Waals surface area contributed by atoms with Gasteiger partial charge < -0.3 is 15.7 Å². The number of nitrogens with zero attached hydrogens (tertiary/aromatic N) is 1. The minimum Gasteiger partial charge on any atom is -0.393 e. The monoisotopic (exact) mass is 306 g/mol. The molecule has 0 spiro atoms. The van der Waals surface area contributed by atoms with Crippen molar-refractivity contribution in [3.8, 4) is 11.8 Å². The molecule has 1 aliphatic heterocycles. The SMILES string of the molecule is CC1CN(C(=O)c2ccc(C#CCN)c(Cl)c2)CCC1O. The number of nitrogens with two attached hydrogens (primary N) is 1. The van der Waals surface area contributed by atoms with Crippen molar-refractivity contribution in [3.05, 3.63) is 34.3 Å². The van der Waals surface area contributed by atoms with Gasteiger partial charge in [0.15, 0.2) is 0 Å². The van der Waals surface area contributed by atoms with Crippen LogP contribution >= 0.6 is 11.6 Å². The maximum Gasteiger partial charge on any atom is 0.253 e. The lowest BCUT2D eigenvalue weighted by molar-refractivity contribution is 0.0297. The van der Waals surface area contributed by atoms with Crippen molar-refractivity contribution < 1.29 is 9.90 Å². The Balaban J connectivity index is 2.15. The number of likely N-dealkylation sites (tertiary alicyclic amines) is 1. The Kier molecular flexibility index (Phi) is 5.24. The third kappa shape index (κ3) is 3.76. The standard InChI is InChI=1S/C16H19ClN2O2/c1-11-10-19(8-6-15(11)20)16(21)13-5-4-12(3-2-7-18)14(17)9-13/h4-5,9,11,15,20H,6-8,10,18H2,1H3. The number of hydrogen-bond acceptors (Lipinski definition) is 3. The van der Waals surface area contributed by atoms with E-state index >= 15 is 0 Å². The lowest BCUT2D eigenvalue weighted by Crippen LogP contribution is -2.44. The maximum atomic E-state index is 12.5. The van der Waals surface area contributed by atoms with E-state index in [1.165, 1.54) is 0 Å². The van der Waals surface area contributed by atoms with Gasteiger partial charge in [-0.3, -0.25) is 4.79 Å². The van der Waals surface area contributed by atoms with E-state index in [9.17, 15) is 9.90 Å². The molecule has 0 saturated carbocycles. The molecule has 1 aromatic carbocycles. The summed E-state index contributed by atoms with van der Waals surface area (Å²) in [6, 6.07) is 5.10. The third-order valence-corrected chi connectivity index (χ3v) is 4.00. The Morgan fingerprint density at radius 3 is 2.95 bits per heavy atom. The fourth-order valence-electron chi connectivity index (χ4n) is 2.40. The van der Waals surface area contributed by atoms with Crippen molar-refractivity contribution in [2.75, 3.05) is 19.6 Å². The Bertz CT molecular complexity index is 592. The Morgan fingerprint density at radius 1 is 1.57 bits per heavy atom. The molecular formula is C16H19ClN2O2. The van der Waals surface area contributed by atoms with E-state index in [1.807, 2.05) is 6.92 Å². The zero-order valence-electron chi connectivity index (χ0n) is 12.0. The number of carbonyl (C=O) groups is 1. The molecule has 0 aliphatic carbocycles. The van der Waals surface area contributed by atoms with Gasteiger partial charge in [0.1, 0.15) is 0 Å². The van der Waals surface area contributed by atoms with Gasteiger partial charge in [0, 0.05) is 24.2 Å². The van der Waals surface area contributed by atoms with Crippen molar-refractivity contribution in [1.29, 1.82) is 0 Å². The molecule has 0 bridgehead atoms. The molecule has 0 aromatic heterocycles. The first-order valence-corrected chi connectivity index (χ1v) is 7.36. The summed E-state index contributed by atoms with van der Waals surface area (Å²) in [4.78, 5) is 14.2. The van der Waals surface area contributed by atoms with E-state index in [-0.39, 0.29) is 24.5 Å². The lowest BCUT2D eigenvalue weighted by Gasteiger charge is -2.34. The first-order valence-electron chi connectivity index (χ1n) is 6.98. The van der Waals surface area contributed by atoms with Crippen molar-refractivity contribution in [1.82, 2.24) is 4.90 Å². The molecule has 4 nitrogen and oxygen atoms in total. The normalized spacial score (nSPS) is 21.6. The molecule has 112 valence electrons. The van der Waals surface area contributed by atoms with Crippen molar-refractivity contribution in [3.63, 3.8) is 0 Å². The minimum atomic E-state index is -0.327. The highest BCUT2D eigenvalue weighted by molar-refractivity contribution is 6.32. The van der Waals surface area contributed by atoms with Gasteiger partial charge in [0.05, 0.1) is 17.7 Å². The lowest BCUT2D eigenvalue weighted by atomic mass is 9.96. The summed E-state index contributed by atoms with van der Waals surface area (Å²) >= 11 is 6.15. The van der Waals surface area contributed by atoms with Gasteiger partial charge in [-0.15, -0.1) is 0 Å². The van der Waals surface area contributed by atoms with E-state index in [0.717, 1.165) is 0 Å². The highest BCUT2D eigenvalue weighted by atomic mass is 35.5. The second-order valence-corrected chi connectivity index (χ2v) is 5.69. The van der Waals surface area contributed by atoms with Gasteiger partial charge in [-0.1, -0.05) is 30.4 Å². The van der Waals surface area contributed by atoms with Gasteiger partial charge in [-0.2, -0.15) is 0 Å². The van der Waals surface area contributed by atoms with Crippen LogP contribution in [0.15, 0.2) is 18.2 Å². The van der Waals surface area contributed by atoms with Crippen LogP contribution in [-0.4, -0.2) is 41.7 Å². The number of amides is 1. The summed E-state index contributed by atoms with van der Waals surface area (Å²) < 4.78 is 0. The number of aliphatic hydroxyl groups excluding tert-OH is 1. The van der Waals surface area contributed by atoms with E-state index in [1.54, 1.807) is 23.1 Å². The van der Waals surface area contributed by atoms with Crippen molar-refractivity contribution in [2.24, 2.45) is 11.7 Å². The molecule has 0 radical (unpaired) electrons. The summed E-state index contributed by atoms with van der Waals surface area (Å²) in [5.74, 6) is 5.63. The molecule has 1 heterocycles. The van der Waals surface area contributed by atoms with Gasteiger partial charge >= 0.3 is 0 Å². The minimum absolute atomic E-state index is 0.0611. The van der Waals surface area contributed by atoms with Crippen LogP contribution < -0.4 is 5.73 Å². The zero-order chi connectivity index (χ0) is 15.4. The number of halogens is 1. The average molecular weight is 307 g/mol. The Morgan fingerprint density at radius 2 is 2.33 bits per heavy atom. The second kappa shape index (κ2) is 6.95. The van der Waals surface area contributed by atoms with Gasteiger partial charge in [0.25, 0.3) is 5.91 Å². The number of carbonyl (C=O) groups excluding carboxylic acids is 1. The molecule has 2 atom stereocenters. The molecule has 2 rings (SSSR count). The van der Waals surface area contributed by atoms with Crippen LogP contribution in [0, 0.1) is 17.8 Å². The van der Waals surface area contributed by atoms with Crippen LogP contribution in [0.1, 0.15) is 29.3 Å². The molecule has 3 N–H and O–H groups in total. The fraction of sp³-hybridized carbons (Fsp3) is 0.438. The molecule has 1 fully saturated rings. The molecule has 2 unspecified atom stereocenters. The van der Waals surface area contributed by atoms with Crippen LogP contribution in [-0.2, 0) is 0 Å². The second-order valence-electron chi connectivity index (χ2n) is 5.29. The number of aliphatic hydroxyl groups is 1. The van der Waals surface area contributed by atoms with Crippen molar-refractivity contribution >= 4 is 17.5 Å². The smallest absolute Gasteiger partial charge is 0.253 e. The summed E-state index contributed by atoms with van der Waals surface area (Å²) in [5, 5.41) is 10.2. The topological polar surface area (TPSA) is 66.6 Å². The van der Waals surface area contributed by atoms with E-state index in [0.29, 0.717) is 35.7 Å². The Labute approximate surface area is 129 Å². The van der Waals surface area contributed by atoms with Crippen LogP contribution in [0.5, 0.6) is 0 Å². The van der Waals surface area contributed by atoms with E-state index in [4.69, 9.17) is 17.3 Å². The quantitative estimate of drug-likeness (QED) is 0.773. The van der Waals surface area contributed by atoms with Crippen LogP contribution in [0.2, 0.25) is 5.02 Å². The van der Waals surface area contributed by atoms with E-state index < -0.39 is 0 Å². The predicted octanol–water partition coefficient (Wildman–Crippen LogP) is 1.49. The predicted molar refractivity (Wildman–Crippen MR) is 83.1 cm³/mol. The first kappa shape index (κ1) is 15.8. The molecular weight excluding hydrogens is 288 g/mol. The molecule has 1 aliphatic rings. The summed E-state index contributed by atoms with van der Waals surface area (Å²) in [6.07, 6.45) is 0.285. The van der Waals surface area contributed by atoms with Crippen molar-refractivity contribution in [2.45, 2.75) is 19.4 Å². The highest BCUT2D eigenvalue weighted by Gasteiger charge is 2.27.